The number of amidine groups is 1. The molecule has 0 saturated carbocycles. The zero-order valence-corrected chi connectivity index (χ0v) is 22.3. The second kappa shape index (κ2) is 11.3. The maximum Gasteiger partial charge on any atom is 0.262 e. The van der Waals surface area contributed by atoms with Gasteiger partial charge in [-0.1, -0.05) is 53.7 Å². The van der Waals surface area contributed by atoms with E-state index in [1.165, 1.54) is 11.8 Å². The quantitative estimate of drug-likeness (QED) is 0.417. The van der Waals surface area contributed by atoms with Crippen LogP contribution in [0.3, 0.4) is 0 Å². The number of benzene rings is 3. The first-order chi connectivity index (χ1) is 18.4. The Morgan fingerprint density at radius 3 is 2.50 bits per heavy atom. The van der Waals surface area contributed by atoms with E-state index in [9.17, 15) is 9.59 Å². The monoisotopic (exact) mass is 548 g/mol. The third-order valence-electron chi connectivity index (χ3n) is 6.22. The van der Waals surface area contributed by atoms with Gasteiger partial charge < -0.3 is 14.8 Å². The number of hydrazone groups is 1. The third-order valence-corrected chi connectivity index (χ3v) is 7.61. The highest BCUT2D eigenvalue weighted by atomic mass is 35.5. The fourth-order valence-corrected chi connectivity index (χ4v) is 5.49. The highest BCUT2D eigenvalue weighted by molar-refractivity contribution is 8.15. The van der Waals surface area contributed by atoms with Gasteiger partial charge in [0.1, 0.15) is 16.7 Å². The Labute approximate surface area is 229 Å². The van der Waals surface area contributed by atoms with Crippen molar-refractivity contribution in [2.24, 2.45) is 10.1 Å². The van der Waals surface area contributed by atoms with E-state index in [-0.39, 0.29) is 24.3 Å². The number of nitrogens with one attached hydrogen (secondary N) is 1. The number of methoxy groups -OCH3 is 2. The van der Waals surface area contributed by atoms with Crippen LogP contribution in [0.15, 0.2) is 82.9 Å². The van der Waals surface area contributed by atoms with Crippen LogP contribution in [-0.2, 0) is 9.59 Å². The average molecular weight is 549 g/mol. The molecule has 2 amide bonds. The Kier molecular flexibility index (Phi) is 7.67. The second-order valence-electron chi connectivity index (χ2n) is 8.72. The molecule has 2 atom stereocenters. The molecule has 10 heteroatoms. The molecular formula is C28H25ClN4O4S. The molecule has 1 N–H and O–H groups in total. The molecule has 194 valence electrons. The molecule has 3 aromatic rings. The van der Waals surface area contributed by atoms with Gasteiger partial charge in [-0.15, -0.1) is 0 Å². The first kappa shape index (κ1) is 25.8. The highest BCUT2D eigenvalue weighted by Crippen LogP contribution is 2.39. The number of nitrogens with zero attached hydrogens (tertiary/aromatic N) is 3. The van der Waals surface area contributed by atoms with E-state index < -0.39 is 5.25 Å². The minimum Gasteiger partial charge on any atom is -0.497 e. The molecule has 0 aliphatic carbocycles. The molecule has 0 spiro atoms. The molecule has 38 heavy (non-hydrogen) atoms. The number of hydrogen-bond donors (Lipinski definition) is 1. The first-order valence-corrected chi connectivity index (χ1v) is 13.2. The minimum absolute atomic E-state index is 0.0147. The lowest BCUT2D eigenvalue weighted by atomic mass is 9.98. The molecule has 0 radical (unpaired) electrons. The maximum atomic E-state index is 12.8. The predicted octanol–water partition coefficient (Wildman–Crippen LogP) is 5.54. The number of carbonyl (C=O) groups is 2. The Morgan fingerprint density at radius 1 is 1.05 bits per heavy atom. The normalized spacial score (nSPS) is 18.7. The summed E-state index contributed by atoms with van der Waals surface area (Å²) in [7, 11) is 3.18. The van der Waals surface area contributed by atoms with E-state index in [0.717, 1.165) is 22.6 Å². The van der Waals surface area contributed by atoms with E-state index in [0.29, 0.717) is 28.0 Å². The predicted molar refractivity (Wildman–Crippen MR) is 150 cm³/mol. The van der Waals surface area contributed by atoms with E-state index in [2.05, 4.69) is 10.3 Å². The van der Waals surface area contributed by atoms with Crippen LogP contribution in [0.25, 0.3) is 0 Å². The van der Waals surface area contributed by atoms with E-state index >= 15 is 0 Å². The van der Waals surface area contributed by atoms with Crippen molar-refractivity contribution in [2.45, 2.75) is 24.1 Å². The van der Waals surface area contributed by atoms with Crippen LogP contribution < -0.4 is 14.8 Å². The molecule has 2 aliphatic heterocycles. The number of halogens is 1. The fraction of sp³-hybridized carbons (Fsp3) is 0.214. The van der Waals surface area contributed by atoms with E-state index in [1.54, 1.807) is 43.5 Å². The summed E-state index contributed by atoms with van der Waals surface area (Å²) in [6.07, 6.45) is 0.586. The van der Waals surface area contributed by atoms with Crippen LogP contribution in [0.1, 0.15) is 30.0 Å². The number of ether oxygens (including phenoxy) is 2. The van der Waals surface area contributed by atoms with Gasteiger partial charge in [0.15, 0.2) is 5.17 Å². The highest BCUT2D eigenvalue weighted by Gasteiger charge is 2.39. The second-order valence-corrected chi connectivity index (χ2v) is 10.3. The smallest absolute Gasteiger partial charge is 0.262 e. The fourth-order valence-electron chi connectivity index (χ4n) is 4.30. The van der Waals surface area contributed by atoms with Crippen LogP contribution in [0, 0.1) is 0 Å². The number of anilines is 1. The van der Waals surface area contributed by atoms with Gasteiger partial charge in [0.2, 0.25) is 5.91 Å². The van der Waals surface area contributed by atoms with Crippen LogP contribution in [0.4, 0.5) is 5.69 Å². The Bertz CT molecular complexity index is 1430. The van der Waals surface area contributed by atoms with Gasteiger partial charge in [-0.2, -0.15) is 10.1 Å². The van der Waals surface area contributed by atoms with Crippen LogP contribution in [0.5, 0.6) is 11.5 Å². The first-order valence-electron chi connectivity index (χ1n) is 11.9. The molecule has 0 fully saturated rings. The van der Waals surface area contributed by atoms with Crippen LogP contribution in [0.2, 0.25) is 5.02 Å². The van der Waals surface area contributed by atoms with Crippen molar-refractivity contribution in [2.75, 3.05) is 19.5 Å². The molecule has 0 saturated heterocycles. The van der Waals surface area contributed by atoms with Crippen molar-refractivity contribution in [1.29, 1.82) is 0 Å². The lowest BCUT2D eigenvalue weighted by Crippen LogP contribution is -2.25. The number of hydrogen-bond acceptors (Lipinski definition) is 7. The van der Waals surface area contributed by atoms with Gasteiger partial charge in [-0.25, -0.2) is 5.01 Å². The zero-order valence-electron chi connectivity index (χ0n) is 20.8. The summed E-state index contributed by atoms with van der Waals surface area (Å²) < 4.78 is 10.6. The van der Waals surface area contributed by atoms with Crippen molar-refractivity contribution in [3.63, 3.8) is 0 Å². The molecule has 5 rings (SSSR count). The van der Waals surface area contributed by atoms with Crippen molar-refractivity contribution in [3.8, 4) is 11.5 Å². The van der Waals surface area contributed by atoms with Crippen molar-refractivity contribution < 1.29 is 19.1 Å². The van der Waals surface area contributed by atoms with Crippen molar-refractivity contribution in [3.05, 3.63) is 88.9 Å². The Hall–Kier alpha value is -3.82. The number of amides is 2. The number of rotatable bonds is 7. The third kappa shape index (κ3) is 5.69. The minimum atomic E-state index is -0.642. The van der Waals surface area contributed by atoms with Crippen molar-refractivity contribution >= 4 is 51.7 Å². The Balaban J connectivity index is 1.35. The summed E-state index contributed by atoms with van der Waals surface area (Å²) in [6.45, 7) is 0. The molecule has 2 aliphatic rings. The molecular weight excluding hydrogens is 524 g/mol. The maximum absolute atomic E-state index is 12.8. The summed E-state index contributed by atoms with van der Waals surface area (Å²) in [6, 6.07) is 22.1. The largest absolute Gasteiger partial charge is 0.497 e. The summed E-state index contributed by atoms with van der Waals surface area (Å²) in [5, 5.41) is 9.94. The summed E-state index contributed by atoms with van der Waals surface area (Å²) in [5.41, 5.74) is 3.37. The van der Waals surface area contributed by atoms with Crippen molar-refractivity contribution in [1.82, 2.24) is 5.01 Å². The molecule has 2 heterocycles. The SMILES string of the molecule is COc1cccc(NC(=O)C[C@@H]2SC(N3N=C(c4ccc(Cl)cc4)C[C@H]3c3cccc(OC)c3)=NC2=O)c1. The lowest BCUT2D eigenvalue weighted by Gasteiger charge is -2.23. The Morgan fingerprint density at radius 2 is 1.76 bits per heavy atom. The zero-order chi connectivity index (χ0) is 26.6. The average Bonchev–Trinajstić information content (AvgIpc) is 3.53. The molecule has 0 bridgehead atoms. The molecule has 3 aromatic carbocycles. The molecule has 0 aromatic heterocycles. The number of thioether (sulfide) groups is 1. The summed E-state index contributed by atoms with van der Waals surface area (Å²) in [4.78, 5) is 29.9. The van der Waals surface area contributed by atoms with E-state index in [1.807, 2.05) is 48.5 Å². The number of aliphatic imine (C=N–C) groups is 1. The van der Waals surface area contributed by atoms with Crippen LogP contribution in [-0.4, -0.2) is 47.2 Å². The number of carbonyl (C=O) groups excluding carboxylic acids is 2. The van der Waals surface area contributed by atoms with E-state index in [4.69, 9.17) is 26.2 Å². The summed E-state index contributed by atoms with van der Waals surface area (Å²) in [5.74, 6) is 0.722. The van der Waals surface area contributed by atoms with Gasteiger partial charge in [-0.3, -0.25) is 9.59 Å². The van der Waals surface area contributed by atoms with Gasteiger partial charge in [0, 0.05) is 29.6 Å². The van der Waals surface area contributed by atoms with Gasteiger partial charge in [-0.05, 0) is 47.5 Å². The summed E-state index contributed by atoms with van der Waals surface area (Å²) >= 11 is 7.34. The van der Waals surface area contributed by atoms with Gasteiger partial charge >= 0.3 is 0 Å². The van der Waals surface area contributed by atoms with Gasteiger partial charge in [0.25, 0.3) is 5.91 Å². The standard InChI is InChI=1S/C28H25ClN4O4S/c1-36-21-7-3-5-18(13-21)24-15-23(17-9-11-19(29)12-10-17)32-33(24)28-31-27(35)25(38-28)16-26(34)30-20-6-4-8-22(14-20)37-2/h3-14,24-25H,15-16H2,1-2H3,(H,30,34)/t24-,25-/m0/s1. The van der Waals surface area contributed by atoms with Crippen LogP contribution >= 0.6 is 23.4 Å². The topological polar surface area (TPSA) is 92.6 Å². The van der Waals surface area contributed by atoms with Gasteiger partial charge in [0.05, 0.1) is 26.0 Å². The molecule has 8 nitrogen and oxygen atoms in total. The lowest BCUT2D eigenvalue weighted by molar-refractivity contribution is -0.121. The molecule has 0 unspecified atom stereocenters.